The fraction of sp³-hybridized carbons (Fsp3) is 0.500. The zero-order chi connectivity index (χ0) is 16.0. The molecule has 0 aliphatic carbocycles. The van der Waals surface area contributed by atoms with Gasteiger partial charge in [-0.3, -0.25) is 4.79 Å². The molecule has 3 N–H and O–H groups in total. The molecule has 21 heavy (non-hydrogen) atoms. The molecule has 5 nitrogen and oxygen atoms in total. The van der Waals surface area contributed by atoms with Gasteiger partial charge in [0.2, 0.25) is 5.91 Å². The second-order valence-electron chi connectivity index (χ2n) is 5.98. The number of nitrogens with two attached hydrogens (primary N) is 1. The van der Waals surface area contributed by atoms with Crippen LogP contribution in [0.15, 0.2) is 24.3 Å². The van der Waals surface area contributed by atoms with Gasteiger partial charge < -0.3 is 15.8 Å². The maximum Gasteiger partial charge on any atom is 0.338 e. The van der Waals surface area contributed by atoms with Crippen LogP contribution >= 0.6 is 0 Å². The lowest BCUT2D eigenvalue weighted by molar-refractivity contribution is -0.124. The summed E-state index contributed by atoms with van der Waals surface area (Å²) in [7, 11) is 0. The van der Waals surface area contributed by atoms with E-state index in [1.54, 1.807) is 31.2 Å². The van der Waals surface area contributed by atoms with Gasteiger partial charge >= 0.3 is 5.97 Å². The van der Waals surface area contributed by atoms with Crippen molar-refractivity contribution in [1.29, 1.82) is 0 Å². The average molecular weight is 292 g/mol. The third-order valence-electron chi connectivity index (χ3n) is 3.15. The van der Waals surface area contributed by atoms with Gasteiger partial charge in [-0.05, 0) is 30.0 Å². The van der Waals surface area contributed by atoms with Crippen LogP contribution in [0.4, 0.5) is 0 Å². The van der Waals surface area contributed by atoms with E-state index >= 15 is 0 Å². The SMILES string of the molecule is CCOC(=O)c1ccc(CNC(=O)[C@@H](N)C(C)(C)C)cc1. The summed E-state index contributed by atoms with van der Waals surface area (Å²) in [5.41, 5.74) is 7.00. The number of nitrogens with one attached hydrogen (secondary N) is 1. The van der Waals surface area contributed by atoms with E-state index in [9.17, 15) is 9.59 Å². The van der Waals surface area contributed by atoms with Crippen LogP contribution in [0.3, 0.4) is 0 Å². The van der Waals surface area contributed by atoms with Gasteiger partial charge in [-0.1, -0.05) is 32.9 Å². The Hall–Kier alpha value is -1.88. The normalized spacial score (nSPS) is 12.6. The second-order valence-corrected chi connectivity index (χ2v) is 5.98. The van der Waals surface area contributed by atoms with Crippen LogP contribution in [0.1, 0.15) is 43.6 Å². The molecular formula is C16H24N2O3. The van der Waals surface area contributed by atoms with E-state index in [1.165, 1.54) is 0 Å². The zero-order valence-electron chi connectivity index (χ0n) is 13.1. The molecule has 1 atom stereocenters. The van der Waals surface area contributed by atoms with Crippen molar-refractivity contribution < 1.29 is 14.3 Å². The van der Waals surface area contributed by atoms with Crippen LogP contribution in [0, 0.1) is 5.41 Å². The van der Waals surface area contributed by atoms with Crippen LogP contribution < -0.4 is 11.1 Å². The summed E-state index contributed by atoms with van der Waals surface area (Å²) in [5.74, 6) is -0.528. The van der Waals surface area contributed by atoms with Crippen molar-refractivity contribution in [3.8, 4) is 0 Å². The first-order chi connectivity index (χ1) is 9.75. The van der Waals surface area contributed by atoms with Crippen molar-refractivity contribution in [1.82, 2.24) is 5.32 Å². The summed E-state index contributed by atoms with van der Waals surface area (Å²) in [4.78, 5) is 23.4. The van der Waals surface area contributed by atoms with Crippen LogP contribution in [0.5, 0.6) is 0 Å². The molecule has 0 aliphatic rings. The number of ether oxygens (including phenoxy) is 1. The molecule has 1 rings (SSSR count). The summed E-state index contributed by atoms with van der Waals surface area (Å²) in [5, 5.41) is 2.80. The molecule has 1 aromatic carbocycles. The highest BCUT2D eigenvalue weighted by atomic mass is 16.5. The molecule has 1 aromatic rings. The molecule has 0 saturated carbocycles. The Bertz CT molecular complexity index is 489. The first-order valence-corrected chi connectivity index (χ1v) is 7.05. The molecule has 0 fully saturated rings. The Morgan fingerprint density at radius 3 is 2.29 bits per heavy atom. The first-order valence-electron chi connectivity index (χ1n) is 7.05. The second kappa shape index (κ2) is 7.22. The van der Waals surface area contributed by atoms with Gasteiger partial charge in [-0.15, -0.1) is 0 Å². The molecule has 0 saturated heterocycles. The molecule has 0 spiro atoms. The minimum atomic E-state index is -0.559. The fourth-order valence-electron chi connectivity index (χ4n) is 1.67. The molecule has 0 bridgehead atoms. The molecule has 0 unspecified atom stereocenters. The Kier molecular flexibility index (Phi) is 5.90. The molecule has 1 amide bonds. The maximum absolute atomic E-state index is 11.9. The number of esters is 1. The van der Waals surface area contributed by atoms with Crippen LogP contribution in [0.25, 0.3) is 0 Å². The highest BCUT2D eigenvalue weighted by Gasteiger charge is 2.27. The monoisotopic (exact) mass is 292 g/mol. The summed E-state index contributed by atoms with van der Waals surface area (Å²) >= 11 is 0. The van der Waals surface area contributed by atoms with E-state index in [2.05, 4.69) is 5.32 Å². The van der Waals surface area contributed by atoms with Gasteiger partial charge in [-0.25, -0.2) is 4.79 Å². The predicted octanol–water partition coefficient (Wildman–Crippen LogP) is 1.85. The van der Waals surface area contributed by atoms with E-state index in [4.69, 9.17) is 10.5 Å². The van der Waals surface area contributed by atoms with E-state index in [0.717, 1.165) is 5.56 Å². The predicted molar refractivity (Wildman–Crippen MR) is 81.7 cm³/mol. The number of hydrogen-bond donors (Lipinski definition) is 2. The number of amides is 1. The van der Waals surface area contributed by atoms with Gasteiger partial charge in [0.15, 0.2) is 0 Å². The van der Waals surface area contributed by atoms with Gasteiger partial charge in [0, 0.05) is 6.54 Å². The Balaban J connectivity index is 2.57. The highest BCUT2D eigenvalue weighted by molar-refractivity contribution is 5.89. The zero-order valence-corrected chi connectivity index (χ0v) is 13.1. The van der Waals surface area contributed by atoms with Crippen molar-refractivity contribution >= 4 is 11.9 Å². The summed E-state index contributed by atoms with van der Waals surface area (Å²) < 4.78 is 4.91. The van der Waals surface area contributed by atoms with Gasteiger partial charge in [0.25, 0.3) is 0 Å². The molecule has 0 heterocycles. The fourth-order valence-corrected chi connectivity index (χ4v) is 1.67. The molecule has 0 aromatic heterocycles. The van der Waals surface area contributed by atoms with Crippen LogP contribution in [0.2, 0.25) is 0 Å². The van der Waals surface area contributed by atoms with E-state index in [1.807, 2.05) is 20.8 Å². The number of benzene rings is 1. The Morgan fingerprint density at radius 2 is 1.81 bits per heavy atom. The molecular weight excluding hydrogens is 268 g/mol. The standard InChI is InChI=1S/C16H24N2O3/c1-5-21-15(20)12-8-6-11(7-9-12)10-18-14(19)13(17)16(2,3)4/h6-9,13H,5,10,17H2,1-4H3,(H,18,19)/t13-/m1/s1. The minimum absolute atomic E-state index is 0.183. The Labute approximate surface area is 125 Å². The lowest BCUT2D eigenvalue weighted by atomic mass is 9.87. The number of hydrogen-bond acceptors (Lipinski definition) is 4. The maximum atomic E-state index is 11.9. The Morgan fingerprint density at radius 1 is 1.24 bits per heavy atom. The largest absolute Gasteiger partial charge is 0.462 e. The summed E-state index contributed by atoms with van der Waals surface area (Å²) in [6, 6.07) is 6.38. The van der Waals surface area contributed by atoms with E-state index < -0.39 is 6.04 Å². The smallest absolute Gasteiger partial charge is 0.338 e. The van der Waals surface area contributed by atoms with Crippen LogP contribution in [-0.2, 0) is 16.1 Å². The average Bonchev–Trinajstić information content (AvgIpc) is 2.43. The summed E-state index contributed by atoms with van der Waals surface area (Å²) in [6.07, 6.45) is 0. The molecule has 5 heteroatoms. The topological polar surface area (TPSA) is 81.4 Å². The highest BCUT2D eigenvalue weighted by Crippen LogP contribution is 2.17. The molecule has 0 aliphatic heterocycles. The van der Waals surface area contributed by atoms with Crippen molar-refractivity contribution in [2.45, 2.75) is 40.3 Å². The van der Waals surface area contributed by atoms with Crippen LogP contribution in [-0.4, -0.2) is 24.5 Å². The van der Waals surface area contributed by atoms with Gasteiger partial charge in [0.05, 0.1) is 18.2 Å². The van der Waals surface area contributed by atoms with Crippen molar-refractivity contribution in [2.24, 2.45) is 11.1 Å². The number of carbonyl (C=O) groups is 2. The first kappa shape index (κ1) is 17.2. The van der Waals surface area contributed by atoms with Crippen molar-refractivity contribution in [3.63, 3.8) is 0 Å². The summed E-state index contributed by atoms with van der Waals surface area (Å²) in [6.45, 7) is 8.26. The lowest BCUT2D eigenvalue weighted by Crippen LogP contribution is -2.48. The van der Waals surface area contributed by atoms with Crippen molar-refractivity contribution in [2.75, 3.05) is 6.61 Å². The third kappa shape index (κ3) is 5.19. The van der Waals surface area contributed by atoms with Gasteiger partial charge in [0.1, 0.15) is 0 Å². The number of carbonyl (C=O) groups excluding carboxylic acids is 2. The quantitative estimate of drug-likeness (QED) is 0.812. The molecule has 0 radical (unpaired) electrons. The van der Waals surface area contributed by atoms with E-state index in [0.29, 0.717) is 18.7 Å². The van der Waals surface area contributed by atoms with Gasteiger partial charge in [-0.2, -0.15) is 0 Å². The van der Waals surface area contributed by atoms with E-state index in [-0.39, 0.29) is 17.3 Å². The number of rotatable bonds is 5. The minimum Gasteiger partial charge on any atom is -0.462 e. The molecule has 116 valence electrons. The lowest BCUT2D eigenvalue weighted by Gasteiger charge is -2.25. The third-order valence-corrected chi connectivity index (χ3v) is 3.15. The van der Waals surface area contributed by atoms with Crippen molar-refractivity contribution in [3.05, 3.63) is 35.4 Å².